The van der Waals surface area contributed by atoms with E-state index in [1.54, 1.807) is 7.11 Å². The normalized spacial score (nSPS) is 12.7. The first-order chi connectivity index (χ1) is 14.0. The predicted octanol–water partition coefficient (Wildman–Crippen LogP) is 4.04. The molecule has 162 valence electrons. The Kier molecular flexibility index (Phi) is 9.64. The fraction of sp³-hybridized carbons (Fsp3) is 0.609. The van der Waals surface area contributed by atoms with Gasteiger partial charge in [-0.15, -0.1) is 0 Å². The third-order valence-corrected chi connectivity index (χ3v) is 5.10. The second-order valence-electron chi connectivity index (χ2n) is 7.88. The topological polar surface area (TPSA) is 62.0 Å². The van der Waals surface area contributed by atoms with Gasteiger partial charge in [0, 0.05) is 38.9 Å². The fourth-order valence-corrected chi connectivity index (χ4v) is 3.47. The van der Waals surface area contributed by atoms with Crippen LogP contribution in [0.2, 0.25) is 0 Å². The predicted molar refractivity (Wildman–Crippen MR) is 118 cm³/mol. The number of ether oxygens (including phenoxy) is 1. The molecule has 1 N–H and O–H groups in total. The smallest absolute Gasteiger partial charge is 0.232 e. The van der Waals surface area contributed by atoms with Crippen molar-refractivity contribution < 1.29 is 14.4 Å². The summed E-state index contributed by atoms with van der Waals surface area (Å²) in [7, 11) is 1.62. The Morgan fingerprint density at radius 2 is 1.83 bits per heavy atom. The van der Waals surface area contributed by atoms with Gasteiger partial charge in [0.15, 0.2) is 0 Å². The summed E-state index contributed by atoms with van der Waals surface area (Å²) in [6, 6.07) is 10.2. The molecule has 0 fully saturated rings. The summed E-state index contributed by atoms with van der Waals surface area (Å²) in [5, 5.41) is 14.8. The Morgan fingerprint density at radius 3 is 2.41 bits per heavy atom. The highest BCUT2D eigenvalue weighted by Crippen LogP contribution is 2.32. The minimum absolute atomic E-state index is 0.330. The van der Waals surface area contributed by atoms with E-state index < -0.39 is 6.10 Å². The standard InChI is InChI=1S/C23H37N3O3/c1-6-26(7-2)23-21(22(24-29-23)19-11-9-8-10-12-19)16-25(14-13-18(3)4)15-20(27)17-28-5/h8-12,18,20,27H,6-7,13-17H2,1-5H3/t20-/m0/s1. The fourth-order valence-electron chi connectivity index (χ4n) is 3.47. The van der Waals surface area contributed by atoms with Gasteiger partial charge < -0.3 is 19.3 Å². The Hall–Kier alpha value is -1.89. The lowest BCUT2D eigenvalue weighted by Crippen LogP contribution is -2.36. The van der Waals surface area contributed by atoms with Crippen LogP contribution in [0.1, 0.15) is 39.7 Å². The highest BCUT2D eigenvalue weighted by Gasteiger charge is 2.24. The number of benzene rings is 1. The molecule has 1 heterocycles. The molecule has 0 radical (unpaired) electrons. The van der Waals surface area contributed by atoms with Crippen LogP contribution in [0.5, 0.6) is 0 Å². The number of nitrogens with zero attached hydrogens (tertiary/aromatic N) is 3. The van der Waals surface area contributed by atoms with Gasteiger partial charge in [-0.1, -0.05) is 49.3 Å². The SMILES string of the molecule is CCN(CC)c1onc(-c2ccccc2)c1CN(CCC(C)C)C[C@H](O)COC. The highest BCUT2D eigenvalue weighted by molar-refractivity contribution is 5.68. The molecule has 0 saturated carbocycles. The average molecular weight is 404 g/mol. The molecule has 29 heavy (non-hydrogen) atoms. The summed E-state index contributed by atoms with van der Waals surface area (Å²) in [5.74, 6) is 1.42. The largest absolute Gasteiger partial charge is 0.389 e. The van der Waals surface area contributed by atoms with Crippen LogP contribution in [-0.4, -0.2) is 61.2 Å². The van der Waals surface area contributed by atoms with E-state index in [1.165, 1.54) is 0 Å². The van der Waals surface area contributed by atoms with Gasteiger partial charge in [-0.2, -0.15) is 0 Å². The summed E-state index contributed by atoms with van der Waals surface area (Å²) in [4.78, 5) is 4.48. The molecular weight excluding hydrogens is 366 g/mol. The van der Waals surface area contributed by atoms with E-state index >= 15 is 0 Å². The molecule has 0 amide bonds. The van der Waals surface area contributed by atoms with Crippen molar-refractivity contribution in [1.29, 1.82) is 0 Å². The van der Waals surface area contributed by atoms with Gasteiger partial charge in [0.1, 0.15) is 5.69 Å². The molecule has 6 nitrogen and oxygen atoms in total. The van der Waals surface area contributed by atoms with Gasteiger partial charge in [0.2, 0.25) is 5.88 Å². The van der Waals surface area contributed by atoms with Crippen molar-refractivity contribution in [3.8, 4) is 11.3 Å². The molecule has 1 aromatic heterocycles. The summed E-state index contributed by atoms with van der Waals surface area (Å²) in [6.07, 6.45) is 0.538. The van der Waals surface area contributed by atoms with E-state index in [4.69, 9.17) is 9.26 Å². The van der Waals surface area contributed by atoms with E-state index in [0.717, 1.165) is 48.8 Å². The molecule has 0 bridgehead atoms. The maximum Gasteiger partial charge on any atom is 0.232 e. The maximum atomic E-state index is 10.4. The summed E-state index contributed by atoms with van der Waals surface area (Å²) >= 11 is 0. The van der Waals surface area contributed by atoms with Crippen LogP contribution in [0.25, 0.3) is 11.3 Å². The molecule has 0 saturated heterocycles. The first-order valence-corrected chi connectivity index (χ1v) is 10.7. The number of anilines is 1. The Morgan fingerprint density at radius 1 is 1.14 bits per heavy atom. The number of aliphatic hydroxyl groups is 1. The number of aliphatic hydroxyl groups excluding tert-OH is 1. The first-order valence-electron chi connectivity index (χ1n) is 10.7. The van der Waals surface area contributed by atoms with Crippen LogP contribution in [0.15, 0.2) is 34.9 Å². The Balaban J connectivity index is 2.36. The zero-order chi connectivity index (χ0) is 21.2. The third kappa shape index (κ3) is 6.84. The van der Waals surface area contributed by atoms with E-state index in [9.17, 15) is 5.11 Å². The Bertz CT molecular complexity index is 699. The lowest BCUT2D eigenvalue weighted by Gasteiger charge is -2.27. The van der Waals surface area contributed by atoms with Crippen molar-refractivity contribution in [1.82, 2.24) is 10.1 Å². The molecule has 0 aliphatic heterocycles. The molecule has 0 aliphatic carbocycles. The molecular formula is C23H37N3O3. The number of methoxy groups -OCH3 is 1. The summed E-state index contributed by atoms with van der Waals surface area (Å²) < 4.78 is 11.0. The monoisotopic (exact) mass is 403 g/mol. The number of rotatable bonds is 13. The molecule has 6 heteroatoms. The van der Waals surface area contributed by atoms with Crippen LogP contribution in [0.4, 0.5) is 5.88 Å². The second kappa shape index (κ2) is 12.0. The molecule has 1 atom stereocenters. The van der Waals surface area contributed by atoms with Crippen molar-refractivity contribution in [2.24, 2.45) is 5.92 Å². The van der Waals surface area contributed by atoms with Crippen LogP contribution in [-0.2, 0) is 11.3 Å². The molecule has 0 aliphatic rings. The molecule has 1 aromatic carbocycles. The van der Waals surface area contributed by atoms with Crippen LogP contribution in [0, 0.1) is 5.92 Å². The summed E-state index contributed by atoms with van der Waals surface area (Å²) in [5.41, 5.74) is 3.00. The van der Waals surface area contributed by atoms with E-state index in [0.29, 0.717) is 25.6 Å². The average Bonchev–Trinajstić information content (AvgIpc) is 3.11. The molecule has 0 spiro atoms. The van der Waals surface area contributed by atoms with Crippen LogP contribution in [0.3, 0.4) is 0 Å². The number of hydrogen-bond donors (Lipinski definition) is 1. The first kappa shape index (κ1) is 23.4. The minimum Gasteiger partial charge on any atom is -0.389 e. The van der Waals surface area contributed by atoms with Crippen LogP contribution < -0.4 is 4.90 Å². The second-order valence-corrected chi connectivity index (χ2v) is 7.88. The lowest BCUT2D eigenvalue weighted by atomic mass is 10.1. The number of aromatic nitrogens is 1. The van der Waals surface area contributed by atoms with Gasteiger partial charge in [0.05, 0.1) is 18.3 Å². The number of hydrogen-bond acceptors (Lipinski definition) is 6. The van der Waals surface area contributed by atoms with Gasteiger partial charge >= 0.3 is 0 Å². The van der Waals surface area contributed by atoms with Gasteiger partial charge in [-0.05, 0) is 32.7 Å². The van der Waals surface area contributed by atoms with E-state index in [2.05, 4.69) is 54.8 Å². The zero-order valence-electron chi connectivity index (χ0n) is 18.6. The molecule has 2 rings (SSSR count). The third-order valence-electron chi connectivity index (χ3n) is 5.10. The molecule has 0 unspecified atom stereocenters. The van der Waals surface area contributed by atoms with Crippen molar-refractivity contribution in [2.45, 2.75) is 46.8 Å². The minimum atomic E-state index is -0.524. The van der Waals surface area contributed by atoms with Crippen molar-refractivity contribution in [2.75, 3.05) is 44.8 Å². The van der Waals surface area contributed by atoms with Gasteiger partial charge in [-0.25, -0.2) is 0 Å². The quantitative estimate of drug-likeness (QED) is 0.545. The van der Waals surface area contributed by atoms with Gasteiger partial charge in [0.25, 0.3) is 0 Å². The molecule has 2 aromatic rings. The summed E-state index contributed by atoms with van der Waals surface area (Å²) in [6.45, 7) is 12.8. The zero-order valence-corrected chi connectivity index (χ0v) is 18.6. The maximum absolute atomic E-state index is 10.4. The Labute approximate surface area is 175 Å². The van der Waals surface area contributed by atoms with Crippen molar-refractivity contribution >= 4 is 5.88 Å². The van der Waals surface area contributed by atoms with Crippen LogP contribution >= 0.6 is 0 Å². The van der Waals surface area contributed by atoms with Crippen molar-refractivity contribution in [3.05, 3.63) is 35.9 Å². The lowest BCUT2D eigenvalue weighted by molar-refractivity contribution is 0.0348. The van der Waals surface area contributed by atoms with E-state index in [-0.39, 0.29) is 0 Å². The van der Waals surface area contributed by atoms with E-state index in [1.807, 2.05) is 18.2 Å². The van der Waals surface area contributed by atoms with Gasteiger partial charge in [-0.3, -0.25) is 4.90 Å². The highest BCUT2D eigenvalue weighted by atomic mass is 16.5. The van der Waals surface area contributed by atoms with Crippen molar-refractivity contribution in [3.63, 3.8) is 0 Å².